The first kappa shape index (κ1) is 15.1. The Hall–Kier alpha value is -1.82. The number of amides is 1. The van der Waals surface area contributed by atoms with Gasteiger partial charge in [-0.3, -0.25) is 0 Å². The maximum Gasteiger partial charge on any atom is 0.407 e. The van der Waals surface area contributed by atoms with Crippen molar-refractivity contribution in [1.82, 2.24) is 19.9 Å². The maximum absolute atomic E-state index is 10.7. The van der Waals surface area contributed by atoms with Gasteiger partial charge in [-0.2, -0.15) is 0 Å². The number of nitrogens with zero attached hydrogens (tertiary/aromatic N) is 3. The molecule has 1 aliphatic heterocycles. The summed E-state index contributed by atoms with van der Waals surface area (Å²) in [6.45, 7) is 1.55. The lowest BCUT2D eigenvalue weighted by molar-refractivity contribution is 0.106. The van der Waals surface area contributed by atoms with Crippen LogP contribution in [0.3, 0.4) is 0 Å². The number of fused-ring (bicyclic) bond motifs is 2. The smallest absolute Gasteiger partial charge is 0.407 e. The molecule has 0 bridgehead atoms. The van der Waals surface area contributed by atoms with Crippen LogP contribution in [-0.4, -0.2) is 44.1 Å². The summed E-state index contributed by atoms with van der Waals surface area (Å²) in [6.07, 6.45) is 7.46. The molecule has 7 heteroatoms. The molecule has 1 saturated carbocycles. The van der Waals surface area contributed by atoms with Crippen LogP contribution in [0.2, 0.25) is 5.15 Å². The van der Waals surface area contributed by atoms with E-state index in [9.17, 15) is 4.79 Å². The highest BCUT2D eigenvalue weighted by Gasteiger charge is 2.34. The van der Waals surface area contributed by atoms with E-state index in [0.29, 0.717) is 11.1 Å². The van der Waals surface area contributed by atoms with Crippen LogP contribution in [0, 0.1) is 11.8 Å². The molecule has 0 spiro atoms. The Balaban J connectivity index is 0.000000133. The quantitative estimate of drug-likeness (QED) is 0.728. The van der Waals surface area contributed by atoms with E-state index in [1.54, 1.807) is 11.1 Å². The number of nitrogens with one attached hydrogen (secondary N) is 1. The third-order valence-electron chi connectivity index (χ3n) is 4.62. The summed E-state index contributed by atoms with van der Waals surface area (Å²) in [7, 11) is 0. The van der Waals surface area contributed by atoms with Crippen molar-refractivity contribution < 1.29 is 9.90 Å². The van der Waals surface area contributed by atoms with Crippen LogP contribution in [0.4, 0.5) is 4.79 Å². The van der Waals surface area contributed by atoms with Crippen molar-refractivity contribution in [3.63, 3.8) is 0 Å². The van der Waals surface area contributed by atoms with Crippen LogP contribution in [0.15, 0.2) is 18.6 Å². The molecule has 0 aromatic carbocycles. The molecule has 118 valence electrons. The number of aromatic amines is 1. The minimum absolute atomic E-state index is 0.492. The SMILES string of the molecule is Clc1ncnc2[nH]ccc12.O=C(O)N1CCC2CCCC2C1. The zero-order valence-corrected chi connectivity index (χ0v) is 13.0. The van der Waals surface area contributed by atoms with Crippen LogP contribution in [0.5, 0.6) is 0 Å². The van der Waals surface area contributed by atoms with Crippen molar-refractivity contribution in [3.05, 3.63) is 23.7 Å². The number of H-pyrrole nitrogens is 1. The van der Waals surface area contributed by atoms with Gasteiger partial charge in [-0.15, -0.1) is 0 Å². The summed E-state index contributed by atoms with van der Waals surface area (Å²) in [5, 5.41) is 10.1. The average molecular weight is 323 g/mol. The fourth-order valence-electron chi connectivity index (χ4n) is 3.44. The fourth-order valence-corrected chi connectivity index (χ4v) is 3.64. The number of aromatic nitrogens is 3. The van der Waals surface area contributed by atoms with E-state index in [-0.39, 0.29) is 0 Å². The van der Waals surface area contributed by atoms with Gasteiger partial charge < -0.3 is 15.0 Å². The number of carbonyl (C=O) groups is 1. The van der Waals surface area contributed by atoms with Crippen molar-refractivity contribution in [2.45, 2.75) is 25.7 Å². The van der Waals surface area contributed by atoms with Crippen molar-refractivity contribution in [3.8, 4) is 0 Å². The highest BCUT2D eigenvalue weighted by Crippen LogP contribution is 2.37. The van der Waals surface area contributed by atoms with Gasteiger partial charge in [0, 0.05) is 19.3 Å². The summed E-state index contributed by atoms with van der Waals surface area (Å²) in [5.41, 5.74) is 0.778. The first-order valence-electron chi connectivity index (χ1n) is 7.56. The number of halogens is 1. The molecule has 2 unspecified atom stereocenters. The number of rotatable bonds is 0. The number of hydrogen-bond acceptors (Lipinski definition) is 3. The number of likely N-dealkylation sites (tertiary alicyclic amines) is 1. The lowest BCUT2D eigenvalue weighted by Crippen LogP contribution is -2.41. The number of hydrogen-bond donors (Lipinski definition) is 2. The molecule has 0 radical (unpaired) electrons. The van der Waals surface area contributed by atoms with E-state index < -0.39 is 6.09 Å². The van der Waals surface area contributed by atoms with Crippen LogP contribution < -0.4 is 0 Å². The third kappa shape index (κ3) is 3.16. The molecule has 4 rings (SSSR count). The Kier molecular flexibility index (Phi) is 4.47. The second kappa shape index (κ2) is 6.52. The van der Waals surface area contributed by atoms with Crippen LogP contribution in [-0.2, 0) is 0 Å². The van der Waals surface area contributed by atoms with Gasteiger partial charge in [-0.05, 0) is 30.7 Å². The van der Waals surface area contributed by atoms with Crippen LogP contribution in [0.25, 0.3) is 11.0 Å². The van der Waals surface area contributed by atoms with Crippen molar-refractivity contribution in [2.24, 2.45) is 11.8 Å². The van der Waals surface area contributed by atoms with Gasteiger partial charge in [0.15, 0.2) is 0 Å². The fraction of sp³-hybridized carbons (Fsp3) is 0.533. The third-order valence-corrected chi connectivity index (χ3v) is 4.92. The molecule has 3 heterocycles. The first-order valence-corrected chi connectivity index (χ1v) is 7.94. The number of carboxylic acid groups (broad SMARTS) is 1. The molecule has 1 amide bonds. The summed E-state index contributed by atoms with van der Waals surface area (Å²) >= 11 is 5.73. The monoisotopic (exact) mass is 322 g/mol. The Labute approximate surface area is 133 Å². The van der Waals surface area contributed by atoms with Gasteiger partial charge in [0.2, 0.25) is 0 Å². The predicted octanol–water partition coefficient (Wildman–Crippen LogP) is 3.40. The van der Waals surface area contributed by atoms with Crippen LogP contribution in [0.1, 0.15) is 25.7 Å². The molecule has 1 aliphatic carbocycles. The summed E-state index contributed by atoms with van der Waals surface area (Å²) in [6, 6.07) is 1.84. The summed E-state index contributed by atoms with van der Waals surface area (Å²) in [5.74, 6) is 1.51. The molecular formula is C15H19ClN4O2. The lowest BCUT2D eigenvalue weighted by Gasteiger charge is -2.33. The van der Waals surface area contributed by atoms with E-state index in [4.69, 9.17) is 16.7 Å². The molecule has 6 nitrogen and oxygen atoms in total. The second-order valence-electron chi connectivity index (χ2n) is 5.87. The predicted molar refractivity (Wildman–Crippen MR) is 83.9 cm³/mol. The molecule has 2 aromatic heterocycles. The average Bonchev–Trinajstić information content (AvgIpc) is 3.16. The van der Waals surface area contributed by atoms with E-state index in [0.717, 1.165) is 36.5 Å². The normalized spacial score (nSPS) is 23.8. The molecule has 22 heavy (non-hydrogen) atoms. The van der Waals surface area contributed by atoms with Crippen LogP contribution >= 0.6 is 11.6 Å². The minimum atomic E-state index is -0.736. The maximum atomic E-state index is 10.7. The van der Waals surface area contributed by atoms with E-state index >= 15 is 0 Å². The van der Waals surface area contributed by atoms with Crippen molar-refractivity contribution in [2.75, 3.05) is 13.1 Å². The highest BCUT2D eigenvalue weighted by atomic mass is 35.5. The lowest BCUT2D eigenvalue weighted by atomic mass is 9.89. The van der Waals surface area contributed by atoms with Crippen molar-refractivity contribution in [1.29, 1.82) is 0 Å². The second-order valence-corrected chi connectivity index (χ2v) is 6.23. The Morgan fingerprint density at radius 1 is 1.32 bits per heavy atom. The van der Waals surface area contributed by atoms with Gasteiger partial charge >= 0.3 is 6.09 Å². The Bertz CT molecular complexity index is 660. The highest BCUT2D eigenvalue weighted by molar-refractivity contribution is 6.33. The van der Waals surface area contributed by atoms with Gasteiger partial charge in [-0.25, -0.2) is 14.8 Å². The molecular weight excluding hydrogens is 304 g/mol. The van der Waals surface area contributed by atoms with E-state index in [1.165, 1.54) is 25.6 Å². The molecule has 2 N–H and O–H groups in total. The summed E-state index contributed by atoms with van der Waals surface area (Å²) in [4.78, 5) is 22.9. The zero-order valence-electron chi connectivity index (χ0n) is 12.2. The van der Waals surface area contributed by atoms with Crippen molar-refractivity contribution >= 4 is 28.7 Å². The van der Waals surface area contributed by atoms with Gasteiger partial charge in [0.25, 0.3) is 0 Å². The topological polar surface area (TPSA) is 82.1 Å². The van der Waals surface area contributed by atoms with E-state index in [2.05, 4.69) is 15.0 Å². The molecule has 2 aromatic rings. The van der Waals surface area contributed by atoms with Gasteiger partial charge in [0.1, 0.15) is 17.1 Å². The Morgan fingerprint density at radius 3 is 2.91 bits per heavy atom. The molecule has 1 saturated heterocycles. The Morgan fingerprint density at radius 2 is 2.14 bits per heavy atom. The van der Waals surface area contributed by atoms with Gasteiger partial charge in [-0.1, -0.05) is 24.4 Å². The standard InChI is InChI=1S/C9H15NO2.C6H4ClN3/c11-9(12)10-5-4-7-2-1-3-8(7)6-10;7-5-4-1-2-8-6(4)10-3-9-5/h7-8H,1-6H2,(H,11,12);1-3H,(H,8,9,10). The minimum Gasteiger partial charge on any atom is -0.465 e. The first-order chi connectivity index (χ1) is 10.6. The largest absolute Gasteiger partial charge is 0.465 e. The number of piperidine rings is 1. The zero-order chi connectivity index (χ0) is 15.5. The van der Waals surface area contributed by atoms with E-state index in [1.807, 2.05) is 6.07 Å². The van der Waals surface area contributed by atoms with Gasteiger partial charge in [0.05, 0.1) is 5.39 Å². The molecule has 2 atom stereocenters. The molecule has 2 aliphatic rings. The molecule has 2 fully saturated rings. The summed E-state index contributed by atoms with van der Waals surface area (Å²) < 4.78 is 0.